The van der Waals surface area contributed by atoms with Gasteiger partial charge in [-0.25, -0.2) is 14.4 Å². The number of aromatic nitrogens is 2. The molecule has 2 aromatic carbocycles. The lowest BCUT2D eigenvalue weighted by molar-refractivity contribution is -0.141. The predicted octanol–water partition coefficient (Wildman–Crippen LogP) is 4.99. The highest BCUT2D eigenvalue weighted by Gasteiger charge is 2.55. The number of carbonyl (C=O) groups is 2. The fourth-order valence-electron chi connectivity index (χ4n) is 4.24. The van der Waals surface area contributed by atoms with Crippen LogP contribution in [0.25, 0.3) is 5.69 Å². The number of carbonyl (C=O) groups excluding carboxylic acids is 2. The molecule has 1 aliphatic rings. The van der Waals surface area contributed by atoms with Gasteiger partial charge in [0.15, 0.2) is 6.17 Å². The van der Waals surface area contributed by atoms with Gasteiger partial charge in [0.1, 0.15) is 0 Å². The van der Waals surface area contributed by atoms with Gasteiger partial charge in [-0.1, -0.05) is 46.4 Å². The van der Waals surface area contributed by atoms with Gasteiger partial charge in [0, 0.05) is 12.2 Å². The first kappa shape index (κ1) is 27.1. The third kappa shape index (κ3) is 4.74. The molecule has 10 nitrogen and oxygen atoms in total. The van der Waals surface area contributed by atoms with Gasteiger partial charge in [-0.2, -0.15) is 4.57 Å². The van der Waals surface area contributed by atoms with Crippen molar-refractivity contribution < 1.29 is 18.8 Å². The molecule has 1 saturated heterocycles. The standard InChI is InChI=1S/C23H20Cl4N4O6/c1-23(2)19(31-21(34)30(22(35)37-31)13-5-7-15(25)17(27)11-13)29(12-4-6-14(24)16(26)10-12)20(33)28(23)9-8-18(32)36-3/h4-7,10-11,19H,8-9H2,1-3H3. The lowest BCUT2D eigenvalue weighted by Gasteiger charge is -2.33. The van der Waals surface area contributed by atoms with Gasteiger partial charge in [-0.15, -0.1) is 4.74 Å². The Kier molecular flexibility index (Phi) is 7.40. The summed E-state index contributed by atoms with van der Waals surface area (Å²) in [5, 5.41) is 0.779. The molecule has 37 heavy (non-hydrogen) atoms. The van der Waals surface area contributed by atoms with E-state index in [-0.39, 0.29) is 44.4 Å². The zero-order valence-corrected chi connectivity index (χ0v) is 22.7. The van der Waals surface area contributed by atoms with E-state index in [0.29, 0.717) is 0 Å². The molecule has 2 heterocycles. The molecule has 0 N–H and O–H groups in total. The highest BCUT2D eigenvalue weighted by Crippen LogP contribution is 2.43. The molecular formula is C23H20Cl4N4O6. The average Bonchev–Trinajstić information content (AvgIpc) is 3.23. The fraction of sp³-hybridized carbons (Fsp3) is 0.304. The largest absolute Gasteiger partial charge is 0.469 e. The normalized spacial score (nSPS) is 16.9. The first-order valence-corrected chi connectivity index (χ1v) is 12.3. The van der Waals surface area contributed by atoms with Crippen LogP contribution in [-0.4, -0.2) is 45.4 Å². The van der Waals surface area contributed by atoms with Gasteiger partial charge in [0.25, 0.3) is 0 Å². The lowest BCUT2D eigenvalue weighted by atomic mass is 10.00. The van der Waals surface area contributed by atoms with E-state index in [1.165, 1.54) is 53.3 Å². The van der Waals surface area contributed by atoms with Crippen LogP contribution in [0.1, 0.15) is 26.4 Å². The molecule has 0 spiro atoms. The van der Waals surface area contributed by atoms with Crippen LogP contribution in [0, 0.1) is 0 Å². The first-order valence-electron chi connectivity index (χ1n) is 10.8. The molecule has 1 unspecified atom stereocenters. The number of hydrogen-bond acceptors (Lipinski definition) is 6. The molecule has 4 rings (SSSR count). The molecule has 14 heteroatoms. The molecule has 1 atom stereocenters. The third-order valence-electron chi connectivity index (χ3n) is 6.08. The van der Waals surface area contributed by atoms with E-state index in [2.05, 4.69) is 0 Å². The molecule has 1 fully saturated rings. The van der Waals surface area contributed by atoms with E-state index < -0.39 is 35.2 Å². The van der Waals surface area contributed by atoms with Crippen molar-refractivity contribution >= 4 is 64.1 Å². The van der Waals surface area contributed by atoms with Crippen LogP contribution in [0.3, 0.4) is 0 Å². The van der Waals surface area contributed by atoms with Crippen molar-refractivity contribution in [3.8, 4) is 5.69 Å². The van der Waals surface area contributed by atoms with Gasteiger partial charge in [0.05, 0.1) is 44.8 Å². The Morgan fingerprint density at radius 2 is 1.51 bits per heavy atom. The Bertz CT molecular complexity index is 1510. The maximum Gasteiger partial charge on any atom is 0.447 e. The molecule has 3 aromatic rings. The number of amides is 2. The number of methoxy groups -OCH3 is 1. The number of benzene rings is 2. The van der Waals surface area contributed by atoms with Gasteiger partial charge >= 0.3 is 23.4 Å². The quantitative estimate of drug-likeness (QED) is 0.375. The SMILES string of the molecule is COC(=O)CCN1C(=O)N(c2ccc(Cl)c(Cl)c2)C(n2oc(=O)n(-c3ccc(Cl)c(Cl)c3)c2=O)C1(C)C. The molecule has 1 aromatic heterocycles. The highest BCUT2D eigenvalue weighted by molar-refractivity contribution is 6.42. The zero-order valence-electron chi connectivity index (χ0n) is 19.7. The summed E-state index contributed by atoms with van der Waals surface area (Å²) in [6.07, 6.45) is -1.27. The lowest BCUT2D eigenvalue weighted by Crippen LogP contribution is -2.47. The van der Waals surface area contributed by atoms with E-state index in [1.807, 2.05) is 0 Å². The van der Waals surface area contributed by atoms with E-state index in [9.17, 15) is 19.2 Å². The van der Waals surface area contributed by atoms with Crippen molar-refractivity contribution in [2.75, 3.05) is 18.6 Å². The smallest absolute Gasteiger partial charge is 0.447 e. The first-order chi connectivity index (χ1) is 17.4. The van der Waals surface area contributed by atoms with Crippen LogP contribution in [0.5, 0.6) is 0 Å². The van der Waals surface area contributed by atoms with Crippen molar-refractivity contribution in [1.82, 2.24) is 14.2 Å². The molecule has 0 bridgehead atoms. The summed E-state index contributed by atoms with van der Waals surface area (Å²) < 4.78 is 11.7. The maximum absolute atomic E-state index is 13.7. The van der Waals surface area contributed by atoms with E-state index >= 15 is 0 Å². The van der Waals surface area contributed by atoms with E-state index in [4.69, 9.17) is 55.7 Å². The monoisotopic (exact) mass is 588 g/mol. The summed E-state index contributed by atoms with van der Waals surface area (Å²) in [4.78, 5) is 54.6. The van der Waals surface area contributed by atoms with Crippen LogP contribution in [0.2, 0.25) is 20.1 Å². The topological polar surface area (TPSA) is 107 Å². The van der Waals surface area contributed by atoms with E-state index in [0.717, 1.165) is 9.31 Å². The Balaban J connectivity index is 1.89. The summed E-state index contributed by atoms with van der Waals surface area (Å²) >= 11 is 24.3. The van der Waals surface area contributed by atoms with Gasteiger partial charge in [-0.05, 0) is 50.2 Å². The summed E-state index contributed by atoms with van der Waals surface area (Å²) in [5.74, 6) is -1.53. The van der Waals surface area contributed by atoms with Gasteiger partial charge in [0.2, 0.25) is 0 Å². The van der Waals surface area contributed by atoms with Crippen LogP contribution >= 0.6 is 46.4 Å². The second-order valence-corrected chi connectivity index (χ2v) is 10.3. The number of halogens is 4. The second kappa shape index (κ2) is 10.1. The second-order valence-electron chi connectivity index (χ2n) is 8.66. The molecule has 1 aliphatic heterocycles. The van der Waals surface area contributed by atoms with Gasteiger partial charge < -0.3 is 14.2 Å². The van der Waals surface area contributed by atoms with E-state index in [1.54, 1.807) is 13.8 Å². The third-order valence-corrected chi connectivity index (χ3v) is 7.56. The Hall–Kier alpha value is -2.92. The number of urea groups is 1. The summed E-state index contributed by atoms with van der Waals surface area (Å²) in [6, 6.07) is 8.13. The number of esters is 1. The van der Waals surface area contributed by atoms with Gasteiger partial charge in [-0.3, -0.25) is 9.69 Å². The van der Waals surface area contributed by atoms with Crippen LogP contribution < -0.4 is 16.3 Å². The molecule has 0 saturated carbocycles. The van der Waals surface area contributed by atoms with Crippen LogP contribution in [-0.2, 0) is 9.53 Å². The number of ether oxygens (including phenoxy) is 1. The molecule has 2 amide bonds. The van der Waals surface area contributed by atoms with Crippen molar-refractivity contribution in [3.63, 3.8) is 0 Å². The molecule has 196 valence electrons. The minimum atomic E-state index is -1.17. The van der Waals surface area contributed by atoms with Crippen LogP contribution in [0.4, 0.5) is 10.5 Å². The summed E-state index contributed by atoms with van der Waals surface area (Å²) in [5.41, 5.74) is -1.62. The minimum Gasteiger partial charge on any atom is -0.469 e. The van der Waals surface area contributed by atoms with Crippen molar-refractivity contribution in [2.24, 2.45) is 0 Å². The maximum atomic E-state index is 13.7. The fourth-order valence-corrected chi connectivity index (χ4v) is 4.82. The van der Waals surface area contributed by atoms with Crippen molar-refractivity contribution in [3.05, 3.63) is 77.5 Å². The highest BCUT2D eigenvalue weighted by atomic mass is 35.5. The number of hydrogen-bond donors (Lipinski definition) is 0. The molecule has 0 radical (unpaired) electrons. The minimum absolute atomic E-state index is 0.0285. The number of anilines is 1. The van der Waals surface area contributed by atoms with Crippen molar-refractivity contribution in [1.29, 1.82) is 0 Å². The summed E-state index contributed by atoms with van der Waals surface area (Å²) in [6.45, 7) is 3.32. The Labute approximate surface area is 230 Å². The Morgan fingerprint density at radius 1 is 0.946 bits per heavy atom. The van der Waals surface area contributed by atoms with Crippen LogP contribution in [0.15, 0.2) is 50.5 Å². The predicted molar refractivity (Wildman–Crippen MR) is 139 cm³/mol. The number of nitrogens with zero attached hydrogens (tertiary/aromatic N) is 4. The number of rotatable bonds is 6. The average molecular weight is 590 g/mol. The Morgan fingerprint density at radius 3 is 2.08 bits per heavy atom. The van der Waals surface area contributed by atoms with Crippen molar-refractivity contribution in [2.45, 2.75) is 32.0 Å². The zero-order chi connectivity index (χ0) is 27.2. The molecule has 0 aliphatic carbocycles. The molecular weight excluding hydrogens is 570 g/mol. The summed E-state index contributed by atoms with van der Waals surface area (Å²) in [7, 11) is 1.24.